The van der Waals surface area contributed by atoms with Gasteiger partial charge in [0.25, 0.3) is 0 Å². The smallest absolute Gasteiger partial charge is 0.302 e. The van der Waals surface area contributed by atoms with E-state index in [2.05, 4.69) is 47.4 Å². The number of esters is 1. The van der Waals surface area contributed by atoms with Crippen LogP contribution in [-0.4, -0.2) is 42.1 Å². The Morgan fingerprint density at radius 1 is 1.45 bits per heavy atom. The first-order valence-corrected chi connectivity index (χ1v) is 7.77. The number of benzene rings is 1. The zero-order valence-electron chi connectivity index (χ0n) is 12.9. The van der Waals surface area contributed by atoms with Gasteiger partial charge in [-0.1, -0.05) is 18.2 Å². The molecular weight excluding hydrogens is 276 g/mol. The third-order valence-corrected chi connectivity index (χ3v) is 4.94. The van der Waals surface area contributed by atoms with E-state index in [1.54, 1.807) is 0 Å². The standard InChI is InChI=1S/C18H20N2O2/c1-11(21)22-10-14-9-20(2)17-7-13-8-19-16-5-3-4-12(18(13)16)6-15(14)17/h3-6,8,14,17,19H,7,9-10H2,1-2H3/t14-,17-/m1/s1. The van der Waals surface area contributed by atoms with E-state index in [9.17, 15) is 4.79 Å². The van der Waals surface area contributed by atoms with Crippen LogP contribution in [0.1, 0.15) is 18.1 Å². The molecule has 2 heterocycles. The van der Waals surface area contributed by atoms with Gasteiger partial charge >= 0.3 is 5.97 Å². The molecule has 0 radical (unpaired) electrons. The van der Waals surface area contributed by atoms with Gasteiger partial charge in [-0.25, -0.2) is 0 Å². The normalized spacial score (nSPS) is 24.0. The van der Waals surface area contributed by atoms with Crippen LogP contribution >= 0.6 is 0 Å². The highest BCUT2D eigenvalue weighted by molar-refractivity contribution is 5.93. The molecule has 0 saturated carbocycles. The maximum absolute atomic E-state index is 11.1. The second-order valence-electron chi connectivity index (χ2n) is 6.39. The van der Waals surface area contributed by atoms with E-state index in [1.165, 1.54) is 34.5 Å². The molecule has 22 heavy (non-hydrogen) atoms. The summed E-state index contributed by atoms with van der Waals surface area (Å²) in [6, 6.07) is 6.79. The molecule has 0 unspecified atom stereocenters. The monoisotopic (exact) mass is 296 g/mol. The molecule has 2 aromatic rings. The van der Waals surface area contributed by atoms with E-state index in [-0.39, 0.29) is 5.97 Å². The Bertz CT molecular complexity index is 774. The van der Waals surface area contributed by atoms with Gasteiger partial charge in [-0.3, -0.25) is 9.69 Å². The molecule has 2 atom stereocenters. The van der Waals surface area contributed by atoms with Crippen LogP contribution in [0.25, 0.3) is 17.0 Å². The van der Waals surface area contributed by atoms with Crippen LogP contribution in [0.15, 0.2) is 30.0 Å². The number of aromatic amines is 1. The molecule has 0 bridgehead atoms. The Morgan fingerprint density at radius 2 is 2.32 bits per heavy atom. The summed E-state index contributed by atoms with van der Waals surface area (Å²) in [5.74, 6) is 0.0936. The molecule has 1 aromatic carbocycles. The van der Waals surface area contributed by atoms with Crippen molar-refractivity contribution in [2.24, 2.45) is 5.92 Å². The number of hydrogen-bond acceptors (Lipinski definition) is 3. The molecule has 1 aromatic heterocycles. The molecule has 1 aliphatic heterocycles. The largest absolute Gasteiger partial charge is 0.465 e. The average Bonchev–Trinajstić information content (AvgIpc) is 2.96. The van der Waals surface area contributed by atoms with Crippen molar-refractivity contribution >= 4 is 22.9 Å². The molecule has 0 spiro atoms. The summed E-state index contributed by atoms with van der Waals surface area (Å²) in [6.45, 7) is 2.90. The number of rotatable bonds is 2. The van der Waals surface area contributed by atoms with Crippen molar-refractivity contribution in [1.82, 2.24) is 9.88 Å². The number of nitrogens with one attached hydrogen (secondary N) is 1. The van der Waals surface area contributed by atoms with E-state index in [4.69, 9.17) is 4.74 Å². The van der Waals surface area contributed by atoms with Crippen molar-refractivity contribution in [2.45, 2.75) is 19.4 Å². The van der Waals surface area contributed by atoms with E-state index < -0.39 is 0 Å². The Kier molecular flexibility index (Phi) is 3.08. The van der Waals surface area contributed by atoms with Gasteiger partial charge in [-0.15, -0.1) is 0 Å². The summed E-state index contributed by atoms with van der Waals surface area (Å²) < 4.78 is 5.28. The zero-order valence-corrected chi connectivity index (χ0v) is 12.9. The first-order valence-electron chi connectivity index (χ1n) is 7.77. The minimum atomic E-state index is -0.200. The second kappa shape index (κ2) is 4.99. The van der Waals surface area contributed by atoms with Gasteiger partial charge in [-0.05, 0) is 36.2 Å². The molecule has 114 valence electrons. The van der Waals surface area contributed by atoms with Gasteiger partial charge in [0.15, 0.2) is 0 Å². The van der Waals surface area contributed by atoms with Crippen LogP contribution in [0.2, 0.25) is 0 Å². The van der Waals surface area contributed by atoms with Gasteiger partial charge in [0, 0.05) is 42.5 Å². The molecule has 1 N–H and O–H groups in total. The fraction of sp³-hybridized carbons (Fsp3) is 0.389. The fourth-order valence-electron chi connectivity index (χ4n) is 3.92. The summed E-state index contributed by atoms with van der Waals surface area (Å²) in [6.07, 6.45) is 5.46. The number of nitrogens with zero attached hydrogens (tertiary/aromatic N) is 1. The van der Waals surface area contributed by atoms with E-state index >= 15 is 0 Å². The maximum atomic E-state index is 11.1. The first kappa shape index (κ1) is 13.6. The van der Waals surface area contributed by atoms with Crippen LogP contribution in [0.4, 0.5) is 0 Å². The average molecular weight is 296 g/mol. The molecule has 2 aliphatic rings. The Labute approximate surface area is 129 Å². The predicted molar refractivity (Wildman–Crippen MR) is 86.5 cm³/mol. The molecule has 4 rings (SSSR count). The number of ether oxygens (including phenoxy) is 1. The highest BCUT2D eigenvalue weighted by Crippen LogP contribution is 2.38. The van der Waals surface area contributed by atoms with Gasteiger partial charge in [0.05, 0.1) is 6.61 Å². The number of fused-ring (bicyclic) bond motifs is 1. The number of H-pyrrole nitrogens is 1. The Morgan fingerprint density at radius 3 is 3.14 bits per heavy atom. The van der Waals surface area contributed by atoms with Crippen molar-refractivity contribution in [3.05, 3.63) is 41.1 Å². The first-order chi connectivity index (χ1) is 10.6. The van der Waals surface area contributed by atoms with E-state index in [0.717, 1.165) is 13.0 Å². The van der Waals surface area contributed by atoms with Gasteiger partial charge < -0.3 is 9.72 Å². The molecule has 4 nitrogen and oxygen atoms in total. The van der Waals surface area contributed by atoms with Crippen LogP contribution in [0.5, 0.6) is 0 Å². The van der Waals surface area contributed by atoms with Crippen molar-refractivity contribution in [3.8, 4) is 0 Å². The minimum absolute atomic E-state index is 0.200. The number of carbonyl (C=O) groups is 1. The van der Waals surface area contributed by atoms with Crippen molar-refractivity contribution in [3.63, 3.8) is 0 Å². The number of carbonyl (C=O) groups excluding carboxylic acids is 1. The molecule has 1 saturated heterocycles. The van der Waals surface area contributed by atoms with Gasteiger partial charge in [-0.2, -0.15) is 0 Å². The fourth-order valence-corrected chi connectivity index (χ4v) is 3.92. The second-order valence-corrected chi connectivity index (χ2v) is 6.39. The molecule has 4 heteroatoms. The van der Waals surface area contributed by atoms with Crippen LogP contribution in [0, 0.1) is 5.92 Å². The van der Waals surface area contributed by atoms with Gasteiger partial charge in [0.2, 0.25) is 0 Å². The number of likely N-dealkylation sites (tertiary alicyclic amines) is 1. The molecule has 1 fully saturated rings. The Balaban J connectivity index is 1.77. The topological polar surface area (TPSA) is 45.3 Å². The van der Waals surface area contributed by atoms with E-state index in [0.29, 0.717) is 18.6 Å². The maximum Gasteiger partial charge on any atom is 0.302 e. The quantitative estimate of drug-likeness (QED) is 0.867. The van der Waals surface area contributed by atoms with Crippen LogP contribution < -0.4 is 0 Å². The molecule has 0 amide bonds. The Hall–Kier alpha value is -2.07. The highest BCUT2D eigenvalue weighted by atomic mass is 16.5. The number of likely N-dealkylation sites (N-methyl/N-ethyl adjacent to an activating group) is 1. The lowest BCUT2D eigenvalue weighted by atomic mass is 9.95. The SMILES string of the molecule is CC(=O)OC[C@H]1CN(C)[C@@H]2Cc3c[nH]c4cccc(c34)C=C12. The number of hydrogen-bond donors (Lipinski definition) is 1. The lowest BCUT2D eigenvalue weighted by molar-refractivity contribution is -0.141. The molecular formula is C18H20N2O2. The predicted octanol–water partition coefficient (Wildman–Crippen LogP) is 2.60. The summed E-state index contributed by atoms with van der Waals surface area (Å²) in [5, 5.41) is 1.34. The lowest BCUT2D eigenvalue weighted by Gasteiger charge is -2.19. The van der Waals surface area contributed by atoms with Crippen molar-refractivity contribution < 1.29 is 9.53 Å². The highest BCUT2D eigenvalue weighted by Gasteiger charge is 2.37. The van der Waals surface area contributed by atoms with Crippen LogP contribution in [-0.2, 0) is 16.0 Å². The van der Waals surface area contributed by atoms with E-state index in [1.807, 2.05) is 0 Å². The van der Waals surface area contributed by atoms with Crippen molar-refractivity contribution in [1.29, 1.82) is 0 Å². The summed E-state index contributed by atoms with van der Waals surface area (Å²) in [7, 11) is 2.16. The summed E-state index contributed by atoms with van der Waals surface area (Å²) >= 11 is 0. The number of aromatic nitrogens is 1. The van der Waals surface area contributed by atoms with Crippen LogP contribution in [0.3, 0.4) is 0 Å². The van der Waals surface area contributed by atoms with Gasteiger partial charge in [0.1, 0.15) is 0 Å². The zero-order chi connectivity index (χ0) is 15.3. The lowest BCUT2D eigenvalue weighted by Crippen LogP contribution is -2.27. The minimum Gasteiger partial charge on any atom is -0.465 e. The third-order valence-electron chi connectivity index (χ3n) is 4.94. The molecule has 1 aliphatic carbocycles. The summed E-state index contributed by atoms with van der Waals surface area (Å²) in [4.78, 5) is 16.9. The summed E-state index contributed by atoms with van der Waals surface area (Å²) in [5.41, 5.74) is 5.24. The van der Waals surface area contributed by atoms with Crippen molar-refractivity contribution in [2.75, 3.05) is 20.2 Å². The third kappa shape index (κ3) is 2.06.